The lowest BCUT2D eigenvalue weighted by atomic mass is 9.69. The zero-order valence-corrected chi connectivity index (χ0v) is 23.8. The van der Waals surface area contributed by atoms with Crippen LogP contribution in [0.25, 0.3) is 11.3 Å². The highest BCUT2D eigenvalue weighted by Gasteiger charge is 2.32. The van der Waals surface area contributed by atoms with Crippen molar-refractivity contribution in [2.45, 2.75) is 65.3 Å². The molecule has 0 radical (unpaired) electrons. The van der Waals surface area contributed by atoms with Crippen LogP contribution in [-0.2, 0) is 11.3 Å². The molecule has 1 heterocycles. The van der Waals surface area contributed by atoms with E-state index in [4.69, 9.17) is 21.7 Å². The van der Waals surface area contributed by atoms with Crippen LogP contribution in [0.3, 0.4) is 0 Å². The zero-order valence-electron chi connectivity index (χ0n) is 22.2. The molecule has 38 heavy (non-hydrogen) atoms. The van der Waals surface area contributed by atoms with Crippen molar-refractivity contribution < 1.29 is 14.7 Å². The maximum Gasteiger partial charge on any atom is 0.305 e. The minimum atomic E-state index is -0.936. The molecule has 1 aliphatic rings. The molecule has 3 aromatic rings. The monoisotopic (exact) mass is 553 g/mol. The second-order valence-electron chi connectivity index (χ2n) is 11.1. The number of hydrogen-bond donors (Lipinski definition) is 3. The van der Waals surface area contributed by atoms with Gasteiger partial charge in [-0.2, -0.15) is 0 Å². The second-order valence-corrected chi connectivity index (χ2v) is 12.6. The van der Waals surface area contributed by atoms with Crippen molar-refractivity contribution in [3.05, 3.63) is 69.6 Å². The van der Waals surface area contributed by atoms with Gasteiger partial charge in [0.1, 0.15) is 0 Å². The van der Waals surface area contributed by atoms with Crippen LogP contribution in [0, 0.1) is 11.3 Å². The summed E-state index contributed by atoms with van der Waals surface area (Å²) >= 11 is 7.90. The maximum absolute atomic E-state index is 12.2. The van der Waals surface area contributed by atoms with Gasteiger partial charge in [-0.25, -0.2) is 4.98 Å². The lowest BCUT2D eigenvalue weighted by Crippen LogP contribution is -2.25. The van der Waals surface area contributed by atoms with Crippen LogP contribution >= 0.6 is 22.9 Å². The molecule has 1 amide bonds. The number of benzene rings is 2. The Morgan fingerprint density at radius 2 is 1.68 bits per heavy atom. The van der Waals surface area contributed by atoms with E-state index in [1.807, 2.05) is 36.4 Å². The highest BCUT2D eigenvalue weighted by molar-refractivity contribution is 7.16. The summed E-state index contributed by atoms with van der Waals surface area (Å²) in [5.74, 6) is 0.0507. The van der Waals surface area contributed by atoms with Gasteiger partial charge in [-0.1, -0.05) is 56.6 Å². The third-order valence-corrected chi connectivity index (χ3v) is 8.81. The minimum Gasteiger partial charge on any atom is -0.481 e. The van der Waals surface area contributed by atoms with E-state index in [1.165, 1.54) is 30.6 Å². The standard InChI is InChI=1S/C30H36ClN3O3S/c1-30(2,3)23-12-8-21(9-13-23)27-26(20-10-14-24(31)15-11-20)34-29(38-27)33-18-19-4-6-22(7-5-19)28(37)32-17-16-25(35)36/h4-7,10-11,14-15,21,23H,8-9,12-13,16-18H2,1-3H3,(H,32,37)(H,33,34)(H,35,36). The van der Waals surface area contributed by atoms with E-state index in [0.29, 0.717) is 28.5 Å². The van der Waals surface area contributed by atoms with Crippen LogP contribution in [0.1, 0.15) is 79.6 Å². The SMILES string of the molecule is CC(C)(C)C1CCC(c2sc(NCc3ccc(C(=O)NCCC(=O)O)cc3)nc2-c2ccc(Cl)cc2)CC1. The number of rotatable bonds is 9. The zero-order chi connectivity index (χ0) is 27.3. The summed E-state index contributed by atoms with van der Waals surface area (Å²) in [7, 11) is 0. The van der Waals surface area contributed by atoms with E-state index >= 15 is 0 Å². The molecule has 1 aromatic heterocycles. The van der Waals surface area contributed by atoms with Crippen LogP contribution in [0.4, 0.5) is 5.13 Å². The largest absolute Gasteiger partial charge is 0.481 e. The molecule has 6 nitrogen and oxygen atoms in total. The lowest BCUT2D eigenvalue weighted by molar-refractivity contribution is -0.136. The Bertz CT molecular complexity index is 1240. The van der Waals surface area contributed by atoms with E-state index in [0.717, 1.165) is 27.9 Å². The van der Waals surface area contributed by atoms with Gasteiger partial charge in [-0.3, -0.25) is 9.59 Å². The van der Waals surface area contributed by atoms with Crippen molar-refractivity contribution in [1.82, 2.24) is 10.3 Å². The van der Waals surface area contributed by atoms with Crippen LogP contribution in [0.15, 0.2) is 48.5 Å². The molecule has 0 unspecified atom stereocenters. The van der Waals surface area contributed by atoms with Crippen molar-refractivity contribution in [2.75, 3.05) is 11.9 Å². The number of aromatic nitrogens is 1. The molecule has 1 aliphatic carbocycles. The summed E-state index contributed by atoms with van der Waals surface area (Å²) in [5, 5.41) is 16.4. The first-order valence-electron chi connectivity index (χ1n) is 13.2. The Morgan fingerprint density at radius 3 is 2.29 bits per heavy atom. The predicted molar refractivity (Wildman–Crippen MR) is 155 cm³/mol. The summed E-state index contributed by atoms with van der Waals surface area (Å²) in [6, 6.07) is 15.3. The Labute approximate surface area is 233 Å². The van der Waals surface area contributed by atoms with Crippen molar-refractivity contribution in [2.24, 2.45) is 11.3 Å². The number of carbonyl (C=O) groups excluding carboxylic acids is 1. The number of nitrogens with zero attached hydrogens (tertiary/aromatic N) is 1. The number of halogens is 1. The number of thiazole rings is 1. The van der Waals surface area contributed by atoms with Crippen LogP contribution in [0.5, 0.6) is 0 Å². The average molecular weight is 554 g/mol. The van der Waals surface area contributed by atoms with Gasteiger partial charge in [0.05, 0.1) is 12.1 Å². The Balaban J connectivity index is 1.45. The van der Waals surface area contributed by atoms with Crippen molar-refractivity contribution in [3.8, 4) is 11.3 Å². The van der Waals surface area contributed by atoms with E-state index in [9.17, 15) is 9.59 Å². The van der Waals surface area contributed by atoms with E-state index in [2.05, 4.69) is 31.4 Å². The van der Waals surface area contributed by atoms with Crippen LogP contribution in [-0.4, -0.2) is 28.5 Å². The minimum absolute atomic E-state index is 0.0976. The van der Waals surface area contributed by atoms with Gasteiger partial charge in [0.2, 0.25) is 0 Å². The van der Waals surface area contributed by atoms with Gasteiger partial charge < -0.3 is 15.7 Å². The van der Waals surface area contributed by atoms with E-state index in [-0.39, 0.29) is 18.9 Å². The number of nitrogens with one attached hydrogen (secondary N) is 2. The molecule has 0 saturated heterocycles. The first-order valence-corrected chi connectivity index (χ1v) is 14.4. The molecule has 1 saturated carbocycles. The predicted octanol–water partition coefficient (Wildman–Crippen LogP) is 7.60. The first-order chi connectivity index (χ1) is 18.1. The molecule has 202 valence electrons. The third kappa shape index (κ3) is 7.35. The smallest absolute Gasteiger partial charge is 0.305 e. The van der Waals surface area contributed by atoms with Crippen LogP contribution < -0.4 is 10.6 Å². The van der Waals surface area contributed by atoms with Gasteiger partial charge in [0.15, 0.2) is 5.13 Å². The number of carbonyl (C=O) groups is 2. The summed E-state index contributed by atoms with van der Waals surface area (Å²) in [6.45, 7) is 7.75. The molecule has 1 fully saturated rings. The van der Waals surface area contributed by atoms with Gasteiger partial charge in [-0.15, -0.1) is 11.3 Å². The summed E-state index contributed by atoms with van der Waals surface area (Å²) in [4.78, 5) is 29.2. The molecule has 0 aliphatic heterocycles. The number of amides is 1. The van der Waals surface area contributed by atoms with Gasteiger partial charge >= 0.3 is 5.97 Å². The summed E-state index contributed by atoms with van der Waals surface area (Å²) < 4.78 is 0. The van der Waals surface area contributed by atoms with Crippen LogP contribution in [0.2, 0.25) is 5.02 Å². The van der Waals surface area contributed by atoms with Gasteiger partial charge in [0, 0.05) is 34.1 Å². The Morgan fingerprint density at radius 1 is 1.03 bits per heavy atom. The number of anilines is 1. The highest BCUT2D eigenvalue weighted by atomic mass is 35.5. The normalized spacial score (nSPS) is 17.7. The van der Waals surface area contributed by atoms with E-state index in [1.54, 1.807) is 23.5 Å². The molecule has 0 spiro atoms. The van der Waals surface area contributed by atoms with E-state index < -0.39 is 5.97 Å². The number of carboxylic acids is 1. The Kier molecular flexibility index (Phi) is 9.11. The quantitative estimate of drug-likeness (QED) is 0.254. The molecule has 0 atom stereocenters. The molecular formula is C30H36ClN3O3S. The fraction of sp³-hybridized carbons (Fsp3) is 0.433. The molecule has 0 bridgehead atoms. The fourth-order valence-electron chi connectivity index (χ4n) is 5.06. The van der Waals surface area contributed by atoms with Gasteiger partial charge in [-0.05, 0) is 72.8 Å². The average Bonchev–Trinajstić information content (AvgIpc) is 3.32. The topological polar surface area (TPSA) is 91.3 Å². The molecule has 2 aromatic carbocycles. The van der Waals surface area contributed by atoms with Crippen molar-refractivity contribution in [1.29, 1.82) is 0 Å². The maximum atomic E-state index is 12.2. The molecule has 3 N–H and O–H groups in total. The van der Waals surface area contributed by atoms with Gasteiger partial charge in [0.25, 0.3) is 5.91 Å². The van der Waals surface area contributed by atoms with Crippen molar-refractivity contribution in [3.63, 3.8) is 0 Å². The number of carboxylic acid groups (broad SMARTS) is 1. The third-order valence-electron chi connectivity index (χ3n) is 7.38. The lowest BCUT2D eigenvalue weighted by Gasteiger charge is -2.36. The molecular weight excluding hydrogens is 518 g/mol. The summed E-state index contributed by atoms with van der Waals surface area (Å²) in [5.41, 5.74) is 4.01. The van der Waals surface area contributed by atoms with Crippen molar-refractivity contribution >= 4 is 39.9 Å². The Hall–Kier alpha value is -2.90. The fourth-order valence-corrected chi connectivity index (χ4v) is 6.34. The molecule has 4 rings (SSSR count). The summed E-state index contributed by atoms with van der Waals surface area (Å²) in [6.07, 6.45) is 4.75. The highest BCUT2D eigenvalue weighted by Crippen LogP contribution is 2.47. The molecule has 8 heteroatoms. The second kappa shape index (κ2) is 12.3. The number of aliphatic carboxylic acids is 1. The number of hydrogen-bond acceptors (Lipinski definition) is 5. The first kappa shape index (κ1) is 28.1.